The van der Waals surface area contributed by atoms with E-state index in [0.29, 0.717) is 16.3 Å². The predicted octanol–water partition coefficient (Wildman–Crippen LogP) is 4.07. The lowest BCUT2D eigenvalue weighted by atomic mass is 9.75. The zero-order valence-electron chi connectivity index (χ0n) is 10.5. The number of hydrogen-bond donors (Lipinski definition) is 0. The maximum atomic E-state index is 6.21. The van der Waals surface area contributed by atoms with Crippen LogP contribution in [0.1, 0.15) is 53.4 Å². The summed E-state index contributed by atoms with van der Waals surface area (Å²) >= 11 is 2.05. The lowest BCUT2D eigenvalue weighted by Gasteiger charge is -2.50. The van der Waals surface area contributed by atoms with Gasteiger partial charge in [0.15, 0.2) is 0 Å². The molecule has 0 spiro atoms. The first-order valence-corrected chi connectivity index (χ1v) is 7.24. The maximum absolute atomic E-state index is 6.21. The van der Waals surface area contributed by atoms with E-state index in [1.165, 1.54) is 19.3 Å². The molecule has 88 valence electrons. The molecule has 0 radical (unpaired) electrons. The summed E-state index contributed by atoms with van der Waals surface area (Å²) in [4.78, 5) is 0. The van der Waals surface area contributed by atoms with Crippen molar-refractivity contribution in [3.63, 3.8) is 0 Å². The van der Waals surface area contributed by atoms with Crippen molar-refractivity contribution in [1.82, 2.24) is 0 Å². The van der Waals surface area contributed by atoms with Crippen molar-refractivity contribution in [3.05, 3.63) is 0 Å². The Kier molecular flexibility index (Phi) is 3.37. The van der Waals surface area contributed by atoms with Gasteiger partial charge in [-0.25, -0.2) is 0 Å². The van der Waals surface area contributed by atoms with Crippen LogP contribution in [0.25, 0.3) is 0 Å². The highest BCUT2D eigenvalue weighted by molar-refractivity contribution is 8.01. The second-order valence-electron chi connectivity index (χ2n) is 5.76. The van der Waals surface area contributed by atoms with Crippen LogP contribution in [0.4, 0.5) is 0 Å². The summed E-state index contributed by atoms with van der Waals surface area (Å²) in [6, 6.07) is 0. The highest BCUT2D eigenvalue weighted by Crippen LogP contribution is 2.50. The fourth-order valence-electron chi connectivity index (χ4n) is 3.10. The zero-order valence-corrected chi connectivity index (χ0v) is 11.3. The number of ether oxygens (including phenoxy) is 1. The van der Waals surface area contributed by atoms with Gasteiger partial charge in [-0.05, 0) is 31.1 Å². The summed E-state index contributed by atoms with van der Waals surface area (Å²) in [5.41, 5.74) is 0.437. The lowest BCUT2D eigenvalue weighted by molar-refractivity contribution is -0.0584. The number of thioether (sulfide) groups is 1. The van der Waals surface area contributed by atoms with Gasteiger partial charge in [0.2, 0.25) is 0 Å². The van der Waals surface area contributed by atoms with Crippen LogP contribution in [0.2, 0.25) is 0 Å². The van der Waals surface area contributed by atoms with Gasteiger partial charge in [-0.3, -0.25) is 0 Å². The Bertz CT molecular complexity index is 227. The summed E-state index contributed by atoms with van der Waals surface area (Å²) < 4.78 is 6.63. The number of fused-ring (bicyclic) bond motifs is 1. The van der Waals surface area contributed by atoms with Crippen LogP contribution < -0.4 is 0 Å². The molecule has 0 aromatic carbocycles. The summed E-state index contributed by atoms with van der Waals surface area (Å²) in [6.07, 6.45) is 5.72. The van der Waals surface area contributed by atoms with Crippen molar-refractivity contribution < 1.29 is 4.74 Å². The minimum atomic E-state index is 0.420. The van der Waals surface area contributed by atoms with Gasteiger partial charge in [0.1, 0.15) is 5.44 Å². The Labute approximate surface area is 98.3 Å². The van der Waals surface area contributed by atoms with E-state index in [1.54, 1.807) is 0 Å². The third-order valence-electron chi connectivity index (χ3n) is 4.04. The topological polar surface area (TPSA) is 9.23 Å². The van der Waals surface area contributed by atoms with Crippen molar-refractivity contribution in [2.24, 2.45) is 11.8 Å². The van der Waals surface area contributed by atoms with Crippen molar-refractivity contribution >= 4 is 11.8 Å². The lowest BCUT2D eigenvalue weighted by Crippen LogP contribution is -2.48. The Morgan fingerprint density at radius 1 is 1.33 bits per heavy atom. The van der Waals surface area contributed by atoms with Crippen molar-refractivity contribution in [1.29, 1.82) is 0 Å². The molecule has 1 aliphatic carbocycles. The van der Waals surface area contributed by atoms with Gasteiger partial charge in [0.25, 0.3) is 0 Å². The maximum Gasteiger partial charge on any atom is 0.103 e. The molecular weight excluding hydrogens is 204 g/mol. The molecular formula is C13H24OS. The molecule has 0 aromatic heterocycles. The van der Waals surface area contributed by atoms with E-state index in [1.807, 2.05) is 0 Å². The van der Waals surface area contributed by atoms with Crippen LogP contribution in [0.3, 0.4) is 0 Å². The first-order valence-electron chi connectivity index (χ1n) is 6.36. The van der Waals surface area contributed by atoms with E-state index >= 15 is 0 Å². The molecule has 1 aliphatic heterocycles. The van der Waals surface area contributed by atoms with E-state index < -0.39 is 0 Å². The monoisotopic (exact) mass is 228 g/mol. The molecule has 1 saturated heterocycles. The van der Waals surface area contributed by atoms with E-state index in [4.69, 9.17) is 4.74 Å². The van der Waals surface area contributed by atoms with Crippen LogP contribution in [0.5, 0.6) is 0 Å². The Morgan fingerprint density at radius 2 is 2.07 bits per heavy atom. The molecule has 2 aliphatic rings. The second kappa shape index (κ2) is 4.29. The summed E-state index contributed by atoms with van der Waals surface area (Å²) in [5, 5.41) is 0. The van der Waals surface area contributed by atoms with Crippen LogP contribution in [-0.4, -0.2) is 16.3 Å². The summed E-state index contributed by atoms with van der Waals surface area (Å²) in [7, 11) is 0. The number of hydrogen-bond acceptors (Lipinski definition) is 2. The molecule has 0 bridgehead atoms. The molecule has 4 unspecified atom stereocenters. The van der Waals surface area contributed by atoms with Gasteiger partial charge in [-0.2, -0.15) is 0 Å². The SMILES string of the molecule is CCC1OC2CC(C)CCC2C(C)(C)S1. The smallest absolute Gasteiger partial charge is 0.103 e. The second-order valence-corrected chi connectivity index (χ2v) is 7.57. The van der Waals surface area contributed by atoms with Crippen molar-refractivity contribution in [2.45, 2.75) is 69.7 Å². The van der Waals surface area contributed by atoms with Gasteiger partial charge < -0.3 is 4.74 Å². The predicted molar refractivity (Wildman–Crippen MR) is 67.1 cm³/mol. The Hall–Kier alpha value is 0.310. The average Bonchev–Trinajstić information content (AvgIpc) is 2.15. The quantitative estimate of drug-likeness (QED) is 0.669. The van der Waals surface area contributed by atoms with Crippen LogP contribution in [-0.2, 0) is 4.74 Å². The third kappa shape index (κ3) is 2.36. The normalized spacial score (nSPS) is 44.8. The fraction of sp³-hybridized carbons (Fsp3) is 1.00. The zero-order chi connectivity index (χ0) is 11.1. The highest BCUT2D eigenvalue weighted by atomic mass is 32.2. The van der Waals surface area contributed by atoms with E-state index in [0.717, 1.165) is 18.3 Å². The van der Waals surface area contributed by atoms with Gasteiger partial charge in [-0.1, -0.05) is 34.1 Å². The number of rotatable bonds is 1. The molecule has 2 rings (SSSR count). The summed E-state index contributed by atoms with van der Waals surface area (Å²) in [5.74, 6) is 1.64. The van der Waals surface area contributed by atoms with Gasteiger partial charge in [0.05, 0.1) is 6.10 Å². The molecule has 0 amide bonds. The van der Waals surface area contributed by atoms with E-state index in [9.17, 15) is 0 Å². The largest absolute Gasteiger partial charge is 0.364 e. The molecule has 1 heterocycles. The molecule has 2 fully saturated rings. The van der Waals surface area contributed by atoms with Crippen LogP contribution in [0.15, 0.2) is 0 Å². The Balaban J connectivity index is 2.10. The third-order valence-corrected chi connectivity index (χ3v) is 5.66. The van der Waals surface area contributed by atoms with E-state index in [2.05, 4.69) is 39.5 Å². The molecule has 0 N–H and O–H groups in total. The average molecular weight is 228 g/mol. The molecule has 15 heavy (non-hydrogen) atoms. The van der Waals surface area contributed by atoms with Crippen molar-refractivity contribution in [3.8, 4) is 0 Å². The van der Waals surface area contributed by atoms with Crippen molar-refractivity contribution in [2.75, 3.05) is 0 Å². The first-order chi connectivity index (χ1) is 7.03. The molecule has 1 nitrogen and oxygen atoms in total. The van der Waals surface area contributed by atoms with Gasteiger partial charge in [-0.15, -0.1) is 11.8 Å². The Morgan fingerprint density at radius 3 is 2.73 bits per heavy atom. The molecule has 0 aromatic rings. The van der Waals surface area contributed by atoms with Gasteiger partial charge in [0, 0.05) is 4.75 Å². The molecule has 1 saturated carbocycles. The van der Waals surface area contributed by atoms with Crippen LogP contribution in [0, 0.1) is 11.8 Å². The molecule has 4 atom stereocenters. The minimum Gasteiger partial charge on any atom is -0.364 e. The van der Waals surface area contributed by atoms with Gasteiger partial charge >= 0.3 is 0 Å². The van der Waals surface area contributed by atoms with Crippen LogP contribution >= 0.6 is 11.8 Å². The molecule has 2 heteroatoms. The highest BCUT2D eigenvalue weighted by Gasteiger charge is 2.45. The summed E-state index contributed by atoms with van der Waals surface area (Å²) in [6.45, 7) is 9.43. The fourth-order valence-corrected chi connectivity index (χ4v) is 4.59. The first kappa shape index (κ1) is 11.8. The van der Waals surface area contributed by atoms with E-state index in [-0.39, 0.29) is 0 Å². The minimum absolute atomic E-state index is 0.420. The standard InChI is InChI=1S/C13H24OS/c1-5-12-14-11-8-9(2)6-7-10(11)13(3,4)15-12/h9-12H,5-8H2,1-4H3.